The molecule has 1 aromatic rings. The van der Waals surface area contributed by atoms with Crippen molar-refractivity contribution in [3.8, 4) is 0 Å². The van der Waals surface area contributed by atoms with Gasteiger partial charge in [-0.3, -0.25) is 0 Å². The zero-order chi connectivity index (χ0) is 9.80. The van der Waals surface area contributed by atoms with Gasteiger partial charge in [0.2, 0.25) is 0 Å². The molecule has 76 valence electrons. The van der Waals surface area contributed by atoms with Crippen LogP contribution in [0.25, 0.3) is 0 Å². The van der Waals surface area contributed by atoms with E-state index >= 15 is 0 Å². The summed E-state index contributed by atoms with van der Waals surface area (Å²) in [5.74, 6) is 0. The minimum absolute atomic E-state index is 0.245. The second-order valence-electron chi connectivity index (χ2n) is 3.89. The number of aliphatic hydroxyl groups is 1. The molecular formula is C12H17NO. The van der Waals surface area contributed by atoms with Crippen LogP contribution < -0.4 is 5.32 Å². The van der Waals surface area contributed by atoms with E-state index in [1.165, 1.54) is 17.5 Å². The zero-order valence-electron chi connectivity index (χ0n) is 8.37. The van der Waals surface area contributed by atoms with E-state index in [2.05, 4.69) is 23.5 Å². The van der Waals surface area contributed by atoms with Crippen LogP contribution in [0.5, 0.6) is 0 Å². The molecule has 1 fully saturated rings. The number of aliphatic hydroxyl groups excluding tert-OH is 1. The highest BCUT2D eigenvalue weighted by Crippen LogP contribution is 2.15. The van der Waals surface area contributed by atoms with Gasteiger partial charge in [0, 0.05) is 12.6 Å². The van der Waals surface area contributed by atoms with E-state index < -0.39 is 0 Å². The van der Waals surface area contributed by atoms with Crippen molar-refractivity contribution in [3.05, 3.63) is 35.4 Å². The minimum Gasteiger partial charge on any atom is -0.396 e. The average Bonchev–Trinajstić information content (AvgIpc) is 2.14. The average molecular weight is 191 g/mol. The van der Waals surface area contributed by atoms with E-state index in [9.17, 15) is 0 Å². The molecule has 1 aliphatic heterocycles. The molecule has 1 unspecified atom stereocenters. The van der Waals surface area contributed by atoms with Crippen LogP contribution in [0.15, 0.2) is 24.3 Å². The molecule has 14 heavy (non-hydrogen) atoms. The summed E-state index contributed by atoms with van der Waals surface area (Å²) in [6.07, 6.45) is 3.17. The Morgan fingerprint density at radius 3 is 2.57 bits per heavy atom. The van der Waals surface area contributed by atoms with E-state index in [1.807, 2.05) is 6.07 Å². The van der Waals surface area contributed by atoms with Gasteiger partial charge < -0.3 is 10.4 Å². The van der Waals surface area contributed by atoms with E-state index in [4.69, 9.17) is 5.11 Å². The fourth-order valence-corrected chi connectivity index (χ4v) is 1.91. The lowest BCUT2D eigenvalue weighted by Crippen LogP contribution is -2.44. The van der Waals surface area contributed by atoms with Gasteiger partial charge in [0.05, 0.1) is 0 Å². The van der Waals surface area contributed by atoms with Crippen molar-refractivity contribution >= 4 is 0 Å². The number of rotatable bonds is 4. The first-order valence-electron chi connectivity index (χ1n) is 5.31. The maximum absolute atomic E-state index is 8.93. The quantitative estimate of drug-likeness (QED) is 0.747. The Labute approximate surface area is 85.0 Å². The van der Waals surface area contributed by atoms with Gasteiger partial charge in [0.1, 0.15) is 0 Å². The Morgan fingerprint density at radius 2 is 2.00 bits per heavy atom. The Balaban J connectivity index is 2.05. The van der Waals surface area contributed by atoms with E-state index in [-0.39, 0.29) is 6.61 Å². The number of hydrogen-bond donors (Lipinski definition) is 2. The fraction of sp³-hybridized carbons (Fsp3) is 0.500. The summed E-state index contributed by atoms with van der Waals surface area (Å²) in [4.78, 5) is 0. The predicted octanol–water partition coefficient (Wildman–Crippen LogP) is 1.13. The molecule has 0 saturated carbocycles. The summed E-state index contributed by atoms with van der Waals surface area (Å²) in [7, 11) is 0. The van der Waals surface area contributed by atoms with Crippen molar-refractivity contribution in [2.75, 3.05) is 13.2 Å². The zero-order valence-corrected chi connectivity index (χ0v) is 8.37. The van der Waals surface area contributed by atoms with Gasteiger partial charge >= 0.3 is 0 Å². The topological polar surface area (TPSA) is 32.3 Å². The van der Waals surface area contributed by atoms with Crippen LogP contribution in [0.4, 0.5) is 0 Å². The molecule has 0 spiro atoms. The molecule has 1 saturated heterocycles. The molecule has 0 radical (unpaired) electrons. The third kappa shape index (κ3) is 2.14. The number of hydrogen-bond acceptors (Lipinski definition) is 2. The SMILES string of the molecule is OCCc1ccccc1CC1CCN1. The fourth-order valence-electron chi connectivity index (χ4n) is 1.91. The molecule has 0 bridgehead atoms. The molecule has 0 aliphatic carbocycles. The predicted molar refractivity (Wildman–Crippen MR) is 57.3 cm³/mol. The van der Waals surface area contributed by atoms with Crippen LogP contribution in [0.2, 0.25) is 0 Å². The van der Waals surface area contributed by atoms with Gasteiger partial charge in [0.15, 0.2) is 0 Å². The number of nitrogens with one attached hydrogen (secondary N) is 1. The Hall–Kier alpha value is -0.860. The van der Waals surface area contributed by atoms with Crippen LogP contribution in [0, 0.1) is 0 Å². The van der Waals surface area contributed by atoms with Gasteiger partial charge in [-0.05, 0) is 36.9 Å². The maximum Gasteiger partial charge on any atom is 0.0471 e. The smallest absolute Gasteiger partial charge is 0.0471 e. The Bertz CT molecular complexity index is 294. The number of benzene rings is 1. The van der Waals surface area contributed by atoms with Gasteiger partial charge in [0.25, 0.3) is 0 Å². The molecular weight excluding hydrogens is 174 g/mol. The molecule has 1 heterocycles. The third-order valence-corrected chi connectivity index (χ3v) is 2.89. The van der Waals surface area contributed by atoms with Gasteiger partial charge in [-0.15, -0.1) is 0 Å². The first kappa shape index (κ1) is 9.69. The van der Waals surface area contributed by atoms with Crippen molar-refractivity contribution in [1.29, 1.82) is 0 Å². The van der Waals surface area contributed by atoms with Crippen LogP contribution >= 0.6 is 0 Å². The molecule has 0 amide bonds. The van der Waals surface area contributed by atoms with E-state index in [0.717, 1.165) is 19.4 Å². The molecule has 1 aromatic carbocycles. The molecule has 2 heteroatoms. The summed E-state index contributed by atoms with van der Waals surface area (Å²) >= 11 is 0. The van der Waals surface area contributed by atoms with Crippen LogP contribution in [-0.4, -0.2) is 24.3 Å². The first-order valence-corrected chi connectivity index (χ1v) is 5.31. The third-order valence-electron chi connectivity index (χ3n) is 2.89. The second kappa shape index (κ2) is 4.58. The van der Waals surface area contributed by atoms with Gasteiger partial charge in [-0.25, -0.2) is 0 Å². The van der Waals surface area contributed by atoms with Gasteiger partial charge in [-0.2, -0.15) is 0 Å². The van der Waals surface area contributed by atoms with Crippen molar-refractivity contribution < 1.29 is 5.11 Å². The summed E-state index contributed by atoms with van der Waals surface area (Å²) in [6.45, 7) is 1.40. The summed E-state index contributed by atoms with van der Waals surface area (Å²) in [5.41, 5.74) is 2.68. The van der Waals surface area contributed by atoms with Crippen LogP contribution in [0.1, 0.15) is 17.5 Å². The van der Waals surface area contributed by atoms with Crippen molar-refractivity contribution in [2.24, 2.45) is 0 Å². The minimum atomic E-state index is 0.245. The van der Waals surface area contributed by atoms with Gasteiger partial charge in [-0.1, -0.05) is 24.3 Å². The molecule has 2 rings (SSSR count). The van der Waals surface area contributed by atoms with Crippen LogP contribution in [0.3, 0.4) is 0 Å². The van der Waals surface area contributed by atoms with Crippen molar-refractivity contribution in [1.82, 2.24) is 5.32 Å². The summed E-state index contributed by atoms with van der Waals surface area (Å²) in [5, 5.41) is 12.3. The second-order valence-corrected chi connectivity index (χ2v) is 3.89. The highest BCUT2D eigenvalue weighted by molar-refractivity contribution is 5.28. The lowest BCUT2D eigenvalue weighted by molar-refractivity contribution is 0.298. The molecule has 1 aliphatic rings. The van der Waals surface area contributed by atoms with Crippen molar-refractivity contribution in [3.63, 3.8) is 0 Å². The summed E-state index contributed by atoms with van der Waals surface area (Å²) in [6, 6.07) is 9.07. The monoisotopic (exact) mass is 191 g/mol. The standard InChI is InChI=1S/C12H17NO/c14-8-6-10-3-1-2-4-11(10)9-12-5-7-13-12/h1-4,12-14H,5-9H2. The lowest BCUT2D eigenvalue weighted by Gasteiger charge is -2.28. The Morgan fingerprint density at radius 1 is 1.29 bits per heavy atom. The highest BCUT2D eigenvalue weighted by atomic mass is 16.2. The molecule has 0 aromatic heterocycles. The highest BCUT2D eigenvalue weighted by Gasteiger charge is 2.17. The van der Waals surface area contributed by atoms with E-state index in [1.54, 1.807) is 0 Å². The molecule has 2 nitrogen and oxygen atoms in total. The largest absolute Gasteiger partial charge is 0.396 e. The maximum atomic E-state index is 8.93. The van der Waals surface area contributed by atoms with Crippen molar-refractivity contribution in [2.45, 2.75) is 25.3 Å². The summed E-state index contributed by atoms with van der Waals surface area (Å²) < 4.78 is 0. The van der Waals surface area contributed by atoms with E-state index in [0.29, 0.717) is 6.04 Å². The lowest BCUT2D eigenvalue weighted by atomic mass is 9.94. The Kier molecular flexibility index (Phi) is 3.17. The molecule has 2 N–H and O–H groups in total. The first-order chi connectivity index (χ1) is 6.90. The normalized spacial score (nSPS) is 20.5. The molecule has 1 atom stereocenters. The van der Waals surface area contributed by atoms with Crippen LogP contribution in [-0.2, 0) is 12.8 Å².